The van der Waals surface area contributed by atoms with Crippen LogP contribution in [0.4, 0.5) is 0 Å². The first-order valence-electron chi connectivity index (χ1n) is 15.0. The lowest BCUT2D eigenvalue weighted by Gasteiger charge is -2.48. The number of Topliss-reactive ketones (excluding diaryl/α,β-unsaturated/α-hetero) is 1. The molecule has 0 bridgehead atoms. The van der Waals surface area contributed by atoms with Gasteiger partial charge in [0.1, 0.15) is 5.78 Å². The van der Waals surface area contributed by atoms with Crippen molar-refractivity contribution in [2.45, 2.75) is 65.2 Å². The molecule has 4 aromatic carbocycles. The first-order valence-corrected chi connectivity index (χ1v) is 18.9. The highest BCUT2D eigenvalue weighted by Gasteiger charge is 2.56. The molecule has 4 aromatic rings. The predicted octanol–water partition coefficient (Wildman–Crippen LogP) is 8.16. The lowest BCUT2D eigenvalue weighted by molar-refractivity contribution is -0.128. The van der Waals surface area contributed by atoms with Gasteiger partial charge in [-0.25, -0.2) is 16.8 Å². The Labute approximate surface area is 275 Å². The molecule has 45 heavy (non-hydrogen) atoms. The fourth-order valence-corrected chi connectivity index (χ4v) is 11.9. The van der Waals surface area contributed by atoms with E-state index in [0.29, 0.717) is 10.0 Å². The Balaban J connectivity index is 1.51. The fraction of sp³-hybridized carbons (Fsp3) is 0.306. The van der Waals surface area contributed by atoms with E-state index in [1.165, 1.54) is 0 Å². The molecule has 0 heterocycles. The van der Waals surface area contributed by atoms with Gasteiger partial charge in [-0.1, -0.05) is 82.9 Å². The van der Waals surface area contributed by atoms with E-state index in [4.69, 9.17) is 23.2 Å². The van der Waals surface area contributed by atoms with Crippen LogP contribution in [0.25, 0.3) is 0 Å². The zero-order valence-electron chi connectivity index (χ0n) is 24.9. The summed E-state index contributed by atoms with van der Waals surface area (Å²) in [7, 11) is -7.85. The van der Waals surface area contributed by atoms with Crippen LogP contribution in [-0.4, -0.2) is 33.1 Å². The van der Waals surface area contributed by atoms with Crippen molar-refractivity contribution < 1.29 is 21.6 Å². The van der Waals surface area contributed by atoms with Crippen LogP contribution in [0.1, 0.15) is 53.4 Å². The van der Waals surface area contributed by atoms with E-state index in [2.05, 4.69) is 0 Å². The number of ketones is 1. The zero-order valence-corrected chi connectivity index (χ0v) is 28.1. The van der Waals surface area contributed by atoms with Gasteiger partial charge in [0.2, 0.25) is 0 Å². The maximum Gasteiger partial charge on any atom is 0.182 e. The van der Waals surface area contributed by atoms with Crippen LogP contribution in [0.5, 0.6) is 0 Å². The smallest absolute Gasteiger partial charge is 0.182 e. The summed E-state index contributed by atoms with van der Waals surface area (Å²) in [6, 6.07) is 27.6. The number of aryl methyl sites for hydroxylation is 2. The van der Waals surface area contributed by atoms with Gasteiger partial charge in [-0.15, -0.1) is 0 Å². The van der Waals surface area contributed by atoms with Crippen molar-refractivity contribution in [1.82, 2.24) is 0 Å². The predicted molar refractivity (Wildman–Crippen MR) is 179 cm³/mol. The van der Waals surface area contributed by atoms with Gasteiger partial charge in [0.05, 0.1) is 20.3 Å². The van der Waals surface area contributed by atoms with Crippen molar-refractivity contribution in [3.63, 3.8) is 0 Å². The molecule has 0 radical (unpaired) electrons. The van der Waals surface area contributed by atoms with Crippen LogP contribution < -0.4 is 0 Å². The minimum absolute atomic E-state index is 0.00146. The van der Waals surface area contributed by atoms with Crippen molar-refractivity contribution in [3.05, 3.63) is 129 Å². The van der Waals surface area contributed by atoms with Crippen LogP contribution in [0.15, 0.2) is 107 Å². The molecular formula is C36H34Cl2O5S2. The second kappa shape index (κ2) is 12.3. The van der Waals surface area contributed by atoms with Gasteiger partial charge in [-0.3, -0.25) is 4.79 Å². The van der Waals surface area contributed by atoms with Crippen LogP contribution in [0, 0.1) is 25.7 Å². The lowest BCUT2D eigenvalue weighted by atomic mass is 9.62. The Morgan fingerprint density at radius 1 is 0.556 bits per heavy atom. The third-order valence-electron chi connectivity index (χ3n) is 9.68. The molecule has 0 amide bonds. The van der Waals surface area contributed by atoms with E-state index < -0.39 is 53.8 Å². The summed E-state index contributed by atoms with van der Waals surface area (Å²) < 4.78 is 57.9. The molecule has 5 nitrogen and oxygen atoms in total. The van der Waals surface area contributed by atoms with Crippen LogP contribution in [0.2, 0.25) is 10.0 Å². The lowest BCUT2D eigenvalue weighted by Crippen LogP contribution is -2.53. The summed E-state index contributed by atoms with van der Waals surface area (Å²) >= 11 is 12.4. The molecule has 0 aromatic heterocycles. The Morgan fingerprint density at radius 2 is 1.00 bits per heavy atom. The average Bonchev–Trinajstić information content (AvgIpc) is 3.01. The second-order valence-electron chi connectivity index (χ2n) is 12.4. The van der Waals surface area contributed by atoms with Crippen LogP contribution >= 0.6 is 23.2 Å². The van der Waals surface area contributed by atoms with Gasteiger partial charge >= 0.3 is 0 Å². The van der Waals surface area contributed by atoms with Gasteiger partial charge in [-0.05, 0) is 92.3 Å². The molecule has 2 aliphatic rings. The number of hydrogen-bond donors (Lipinski definition) is 0. The highest BCUT2D eigenvalue weighted by molar-refractivity contribution is 7.92. The number of carbonyl (C=O) groups excluding carboxylic acids is 1. The Bertz CT molecular complexity index is 1920. The largest absolute Gasteiger partial charge is 0.299 e. The van der Waals surface area contributed by atoms with E-state index in [9.17, 15) is 21.6 Å². The Hall–Kier alpha value is -2.97. The molecule has 234 valence electrons. The summed E-state index contributed by atoms with van der Waals surface area (Å²) in [6.45, 7) is 3.79. The Kier molecular flexibility index (Phi) is 8.76. The number of halogens is 2. The number of benzene rings is 4. The van der Waals surface area contributed by atoms with E-state index >= 15 is 0 Å². The molecule has 0 N–H and O–H groups in total. The van der Waals surface area contributed by atoms with Gasteiger partial charge in [0.15, 0.2) is 19.7 Å². The summed E-state index contributed by atoms with van der Waals surface area (Å²) in [5, 5.41) is -0.828. The standard InChI is InChI=1S/C36H34Cl2O5S2/c1-22-3-15-28(16-4-22)44(40,41)35-21-32-33(19-30(35)24-7-11-26(37)12-8-24)36(45(42,43)29-17-5-23(2)6-18-29)31(20-34(32)39)25-9-13-27(38)14-10-25/h3-18,30-33,35-36H,19-21H2,1-2H3. The second-order valence-corrected chi connectivity index (χ2v) is 17.6. The third kappa shape index (κ3) is 6.12. The van der Waals surface area contributed by atoms with Crippen molar-refractivity contribution >= 4 is 48.7 Å². The maximum absolute atomic E-state index is 14.7. The van der Waals surface area contributed by atoms with E-state index in [1.54, 1.807) is 84.9 Å². The van der Waals surface area contributed by atoms with Crippen molar-refractivity contribution in [1.29, 1.82) is 0 Å². The van der Waals surface area contributed by atoms with E-state index in [1.807, 2.05) is 26.0 Å². The normalized spacial score (nSPS) is 25.5. The van der Waals surface area contributed by atoms with Crippen molar-refractivity contribution in [2.75, 3.05) is 0 Å². The van der Waals surface area contributed by atoms with Gasteiger partial charge in [0, 0.05) is 34.2 Å². The zero-order chi connectivity index (χ0) is 32.1. The molecule has 9 heteroatoms. The fourth-order valence-electron chi connectivity index (χ4n) is 7.37. The first-order chi connectivity index (χ1) is 21.4. The highest BCUT2D eigenvalue weighted by atomic mass is 35.5. The van der Waals surface area contributed by atoms with Crippen LogP contribution in [-0.2, 0) is 24.5 Å². The molecule has 0 spiro atoms. The van der Waals surface area contributed by atoms with Crippen molar-refractivity contribution in [2.24, 2.45) is 11.8 Å². The number of fused-ring (bicyclic) bond motifs is 1. The molecule has 6 unspecified atom stereocenters. The molecule has 0 saturated heterocycles. The first kappa shape index (κ1) is 32.0. The van der Waals surface area contributed by atoms with Gasteiger partial charge in [0.25, 0.3) is 0 Å². The maximum atomic E-state index is 14.7. The number of rotatable bonds is 6. The molecular weight excluding hydrogens is 647 g/mol. The number of hydrogen-bond acceptors (Lipinski definition) is 5. The molecule has 6 rings (SSSR count). The summed E-state index contributed by atoms with van der Waals surface area (Å²) in [5.41, 5.74) is 3.35. The molecule has 0 aliphatic heterocycles. The molecule has 2 aliphatic carbocycles. The summed E-state index contributed by atoms with van der Waals surface area (Å²) in [6.07, 6.45) is 0.259. The highest BCUT2D eigenvalue weighted by Crippen LogP contribution is 2.54. The monoisotopic (exact) mass is 680 g/mol. The van der Waals surface area contributed by atoms with E-state index in [-0.39, 0.29) is 34.8 Å². The quantitative estimate of drug-likeness (QED) is 0.205. The number of carbonyl (C=O) groups is 1. The summed E-state index contributed by atoms with van der Waals surface area (Å²) in [5.74, 6) is -2.61. The molecule has 2 fully saturated rings. The molecule has 2 saturated carbocycles. The van der Waals surface area contributed by atoms with Crippen molar-refractivity contribution in [3.8, 4) is 0 Å². The van der Waals surface area contributed by atoms with Crippen LogP contribution in [0.3, 0.4) is 0 Å². The average molecular weight is 682 g/mol. The van der Waals surface area contributed by atoms with Gasteiger partial charge < -0.3 is 0 Å². The molecule has 6 atom stereocenters. The minimum atomic E-state index is -3.96. The minimum Gasteiger partial charge on any atom is -0.299 e. The number of sulfone groups is 2. The Morgan fingerprint density at radius 3 is 1.49 bits per heavy atom. The SMILES string of the molecule is Cc1ccc(S(=O)(=O)C2CC3C(=O)CC(c4ccc(Cl)cc4)C(S(=O)(=O)c4ccc(C)cc4)C3CC2c2ccc(Cl)cc2)cc1. The third-order valence-corrected chi connectivity index (χ3v) is 14.8. The van der Waals surface area contributed by atoms with Gasteiger partial charge in [-0.2, -0.15) is 0 Å². The van der Waals surface area contributed by atoms with E-state index in [0.717, 1.165) is 22.3 Å². The topological polar surface area (TPSA) is 85.3 Å². The summed E-state index contributed by atoms with van der Waals surface area (Å²) in [4.78, 5) is 14.4.